The monoisotopic (exact) mass is 331 g/mol. The molecule has 2 aromatic carbocycles. The van der Waals surface area contributed by atoms with Crippen molar-refractivity contribution in [2.45, 2.75) is 33.2 Å². The summed E-state index contributed by atoms with van der Waals surface area (Å²) in [4.78, 5) is 0. The Morgan fingerprint density at radius 1 is 0.950 bits per heavy atom. The zero-order valence-electron chi connectivity index (χ0n) is 12.4. The Morgan fingerprint density at radius 3 is 2.20 bits per heavy atom. The molecule has 0 saturated carbocycles. The summed E-state index contributed by atoms with van der Waals surface area (Å²) >= 11 is 3.57. The molecular formula is C18H22BrN. The SMILES string of the molecule is CC(C)Cc1ccc(C(C)Nc2ccccc2Br)cc1. The summed E-state index contributed by atoms with van der Waals surface area (Å²) in [5.41, 5.74) is 3.86. The Kier molecular flexibility index (Phi) is 5.24. The van der Waals surface area contributed by atoms with E-state index in [2.05, 4.69) is 78.4 Å². The number of benzene rings is 2. The molecule has 0 amide bonds. The van der Waals surface area contributed by atoms with Crippen molar-refractivity contribution in [3.63, 3.8) is 0 Å². The molecule has 20 heavy (non-hydrogen) atoms. The zero-order chi connectivity index (χ0) is 14.5. The Hall–Kier alpha value is -1.28. The molecule has 1 N–H and O–H groups in total. The lowest BCUT2D eigenvalue weighted by Crippen LogP contribution is -2.07. The highest BCUT2D eigenvalue weighted by molar-refractivity contribution is 9.10. The van der Waals surface area contributed by atoms with Gasteiger partial charge in [0.25, 0.3) is 0 Å². The van der Waals surface area contributed by atoms with Gasteiger partial charge in [-0.2, -0.15) is 0 Å². The molecule has 0 heterocycles. The highest BCUT2D eigenvalue weighted by Crippen LogP contribution is 2.26. The predicted molar refractivity (Wildman–Crippen MR) is 91.2 cm³/mol. The van der Waals surface area contributed by atoms with Gasteiger partial charge in [0, 0.05) is 16.2 Å². The average Bonchev–Trinajstić information content (AvgIpc) is 2.41. The van der Waals surface area contributed by atoms with Crippen LogP contribution in [0.5, 0.6) is 0 Å². The zero-order valence-corrected chi connectivity index (χ0v) is 13.9. The molecule has 2 rings (SSSR count). The van der Waals surface area contributed by atoms with Crippen LogP contribution in [0.2, 0.25) is 0 Å². The highest BCUT2D eigenvalue weighted by atomic mass is 79.9. The number of rotatable bonds is 5. The van der Waals surface area contributed by atoms with E-state index in [9.17, 15) is 0 Å². The van der Waals surface area contributed by atoms with Crippen molar-refractivity contribution < 1.29 is 0 Å². The fourth-order valence-electron chi connectivity index (χ4n) is 2.31. The number of halogens is 1. The standard InChI is InChI=1S/C18H22BrN/c1-13(2)12-15-8-10-16(11-9-15)14(3)20-18-7-5-4-6-17(18)19/h4-11,13-14,20H,12H2,1-3H3. The van der Waals surface area contributed by atoms with Gasteiger partial charge in [-0.3, -0.25) is 0 Å². The van der Waals surface area contributed by atoms with E-state index in [-0.39, 0.29) is 0 Å². The summed E-state index contributed by atoms with van der Waals surface area (Å²) in [6.07, 6.45) is 1.15. The van der Waals surface area contributed by atoms with Crippen LogP contribution < -0.4 is 5.32 Å². The lowest BCUT2D eigenvalue weighted by atomic mass is 10.00. The third-order valence-corrected chi connectivity index (χ3v) is 4.06. The Balaban J connectivity index is 2.06. The molecule has 1 atom stereocenters. The van der Waals surface area contributed by atoms with Crippen molar-refractivity contribution in [2.75, 3.05) is 5.32 Å². The van der Waals surface area contributed by atoms with E-state index in [1.165, 1.54) is 11.1 Å². The van der Waals surface area contributed by atoms with Gasteiger partial charge >= 0.3 is 0 Å². The van der Waals surface area contributed by atoms with Crippen molar-refractivity contribution in [1.82, 2.24) is 0 Å². The summed E-state index contributed by atoms with van der Waals surface area (Å²) < 4.78 is 1.10. The van der Waals surface area contributed by atoms with Crippen LogP contribution in [0.15, 0.2) is 53.0 Å². The highest BCUT2D eigenvalue weighted by Gasteiger charge is 2.07. The second kappa shape index (κ2) is 6.94. The van der Waals surface area contributed by atoms with Crippen LogP contribution >= 0.6 is 15.9 Å². The van der Waals surface area contributed by atoms with Crippen LogP contribution in [0.3, 0.4) is 0 Å². The first kappa shape index (κ1) is 15.1. The smallest absolute Gasteiger partial charge is 0.0489 e. The number of para-hydroxylation sites is 1. The predicted octanol–water partition coefficient (Wildman–Crippen LogP) is 5.82. The van der Waals surface area contributed by atoms with Gasteiger partial charge in [0.15, 0.2) is 0 Å². The summed E-state index contributed by atoms with van der Waals surface area (Å²) in [6, 6.07) is 17.5. The molecule has 106 valence electrons. The number of anilines is 1. The lowest BCUT2D eigenvalue weighted by molar-refractivity contribution is 0.647. The van der Waals surface area contributed by atoms with E-state index >= 15 is 0 Å². The molecule has 0 fully saturated rings. The normalized spacial score (nSPS) is 12.4. The average molecular weight is 332 g/mol. The molecule has 2 heteroatoms. The second-order valence-electron chi connectivity index (χ2n) is 5.69. The van der Waals surface area contributed by atoms with E-state index in [1.807, 2.05) is 12.1 Å². The Labute approximate surface area is 130 Å². The minimum absolute atomic E-state index is 0.293. The maximum Gasteiger partial charge on any atom is 0.0489 e. The van der Waals surface area contributed by atoms with Crippen molar-refractivity contribution in [1.29, 1.82) is 0 Å². The fraction of sp³-hybridized carbons (Fsp3) is 0.333. The Morgan fingerprint density at radius 2 is 1.60 bits per heavy atom. The topological polar surface area (TPSA) is 12.0 Å². The van der Waals surface area contributed by atoms with E-state index in [0.717, 1.165) is 16.6 Å². The van der Waals surface area contributed by atoms with Crippen LogP contribution in [-0.2, 0) is 6.42 Å². The lowest BCUT2D eigenvalue weighted by Gasteiger charge is -2.17. The summed E-state index contributed by atoms with van der Waals surface area (Å²) in [5.74, 6) is 0.705. The van der Waals surface area contributed by atoms with E-state index in [1.54, 1.807) is 0 Å². The van der Waals surface area contributed by atoms with Gasteiger partial charge in [-0.1, -0.05) is 50.2 Å². The molecule has 0 aromatic heterocycles. The van der Waals surface area contributed by atoms with Gasteiger partial charge < -0.3 is 5.32 Å². The van der Waals surface area contributed by atoms with Crippen LogP contribution in [0.4, 0.5) is 5.69 Å². The fourth-order valence-corrected chi connectivity index (χ4v) is 2.71. The molecule has 0 spiro atoms. The number of hydrogen-bond acceptors (Lipinski definition) is 1. The maximum atomic E-state index is 3.57. The largest absolute Gasteiger partial charge is 0.378 e. The van der Waals surface area contributed by atoms with Crippen molar-refractivity contribution in [2.24, 2.45) is 5.92 Å². The molecule has 0 saturated heterocycles. The van der Waals surface area contributed by atoms with Gasteiger partial charge in [0.2, 0.25) is 0 Å². The Bertz CT molecular complexity index is 546. The van der Waals surface area contributed by atoms with Crippen molar-refractivity contribution in [3.05, 3.63) is 64.1 Å². The van der Waals surface area contributed by atoms with Crippen LogP contribution in [0.1, 0.15) is 37.9 Å². The molecule has 0 aliphatic rings. The first-order chi connectivity index (χ1) is 9.56. The molecule has 0 radical (unpaired) electrons. The summed E-state index contributed by atoms with van der Waals surface area (Å²) in [5, 5.41) is 3.54. The van der Waals surface area contributed by atoms with Crippen LogP contribution in [0, 0.1) is 5.92 Å². The quantitative estimate of drug-likeness (QED) is 0.727. The molecule has 1 unspecified atom stereocenters. The molecular weight excluding hydrogens is 310 g/mol. The van der Waals surface area contributed by atoms with Crippen LogP contribution in [0.25, 0.3) is 0 Å². The first-order valence-electron chi connectivity index (χ1n) is 7.16. The van der Waals surface area contributed by atoms with Gasteiger partial charge in [-0.15, -0.1) is 0 Å². The maximum absolute atomic E-state index is 3.57. The van der Waals surface area contributed by atoms with Gasteiger partial charge in [0.05, 0.1) is 0 Å². The molecule has 1 nitrogen and oxygen atoms in total. The van der Waals surface area contributed by atoms with Gasteiger partial charge in [0.1, 0.15) is 0 Å². The second-order valence-corrected chi connectivity index (χ2v) is 6.54. The van der Waals surface area contributed by atoms with Crippen molar-refractivity contribution in [3.8, 4) is 0 Å². The summed E-state index contributed by atoms with van der Waals surface area (Å²) in [7, 11) is 0. The number of nitrogens with one attached hydrogen (secondary N) is 1. The molecule has 0 bridgehead atoms. The van der Waals surface area contributed by atoms with Gasteiger partial charge in [-0.25, -0.2) is 0 Å². The van der Waals surface area contributed by atoms with E-state index in [4.69, 9.17) is 0 Å². The van der Waals surface area contributed by atoms with Gasteiger partial charge in [-0.05, 0) is 58.5 Å². The third-order valence-electron chi connectivity index (χ3n) is 3.37. The summed E-state index contributed by atoms with van der Waals surface area (Å²) in [6.45, 7) is 6.70. The van der Waals surface area contributed by atoms with Crippen LogP contribution in [-0.4, -0.2) is 0 Å². The first-order valence-corrected chi connectivity index (χ1v) is 7.95. The minimum atomic E-state index is 0.293. The van der Waals surface area contributed by atoms with Crippen molar-refractivity contribution >= 4 is 21.6 Å². The van der Waals surface area contributed by atoms with E-state index in [0.29, 0.717) is 12.0 Å². The molecule has 0 aliphatic carbocycles. The van der Waals surface area contributed by atoms with E-state index < -0.39 is 0 Å². The molecule has 0 aliphatic heterocycles. The minimum Gasteiger partial charge on any atom is -0.378 e. The third kappa shape index (κ3) is 4.11. The number of hydrogen-bond donors (Lipinski definition) is 1. The molecule has 2 aromatic rings.